The van der Waals surface area contributed by atoms with Crippen molar-refractivity contribution in [3.05, 3.63) is 0 Å². The molecular formula is C7H14O3. The van der Waals surface area contributed by atoms with Crippen molar-refractivity contribution in [3.63, 3.8) is 0 Å². The van der Waals surface area contributed by atoms with E-state index in [0.29, 0.717) is 13.4 Å². The predicted molar refractivity (Wildman–Crippen MR) is 36.6 cm³/mol. The SMILES string of the molecule is OC1CCCCOCOC1. The molecule has 1 aliphatic heterocycles. The first-order valence-electron chi connectivity index (χ1n) is 3.73. The first-order chi connectivity index (χ1) is 4.89. The molecule has 1 saturated heterocycles. The Morgan fingerprint density at radius 2 is 2.10 bits per heavy atom. The highest BCUT2D eigenvalue weighted by Gasteiger charge is 2.05. The van der Waals surface area contributed by atoms with Gasteiger partial charge in [0.15, 0.2) is 0 Å². The zero-order valence-electron chi connectivity index (χ0n) is 6.08. The van der Waals surface area contributed by atoms with Gasteiger partial charge in [-0.25, -0.2) is 0 Å². The summed E-state index contributed by atoms with van der Waals surface area (Å²) < 4.78 is 10.1. The summed E-state index contributed by atoms with van der Waals surface area (Å²) in [7, 11) is 0. The highest BCUT2D eigenvalue weighted by atomic mass is 16.7. The van der Waals surface area contributed by atoms with E-state index in [9.17, 15) is 0 Å². The maximum atomic E-state index is 9.16. The average Bonchev–Trinajstić information content (AvgIpc) is 2.02. The van der Waals surface area contributed by atoms with Crippen molar-refractivity contribution in [2.75, 3.05) is 20.0 Å². The second kappa shape index (κ2) is 4.66. The monoisotopic (exact) mass is 146 g/mol. The van der Waals surface area contributed by atoms with E-state index >= 15 is 0 Å². The maximum Gasteiger partial charge on any atom is 0.146 e. The normalized spacial score (nSPS) is 30.3. The smallest absolute Gasteiger partial charge is 0.146 e. The minimum atomic E-state index is -0.290. The molecule has 0 spiro atoms. The van der Waals surface area contributed by atoms with E-state index < -0.39 is 0 Å². The average molecular weight is 146 g/mol. The number of rotatable bonds is 0. The van der Waals surface area contributed by atoms with Crippen LogP contribution in [0, 0.1) is 0 Å². The van der Waals surface area contributed by atoms with Crippen molar-refractivity contribution in [1.29, 1.82) is 0 Å². The Bertz CT molecular complexity index is 74.9. The first kappa shape index (κ1) is 7.98. The zero-order chi connectivity index (χ0) is 7.23. The number of hydrogen-bond acceptors (Lipinski definition) is 3. The molecule has 1 fully saturated rings. The lowest BCUT2D eigenvalue weighted by Gasteiger charge is -2.06. The fraction of sp³-hybridized carbons (Fsp3) is 1.00. The molecule has 60 valence electrons. The van der Waals surface area contributed by atoms with Crippen LogP contribution in [-0.2, 0) is 9.47 Å². The van der Waals surface area contributed by atoms with Crippen LogP contribution in [0.25, 0.3) is 0 Å². The molecule has 0 bridgehead atoms. The van der Waals surface area contributed by atoms with Crippen molar-refractivity contribution in [1.82, 2.24) is 0 Å². The Morgan fingerprint density at radius 1 is 1.20 bits per heavy atom. The van der Waals surface area contributed by atoms with Gasteiger partial charge in [0.05, 0.1) is 12.7 Å². The fourth-order valence-corrected chi connectivity index (χ4v) is 0.969. The number of ether oxygens (including phenoxy) is 2. The molecule has 0 aromatic carbocycles. The van der Waals surface area contributed by atoms with Crippen molar-refractivity contribution in [2.24, 2.45) is 0 Å². The molecule has 3 heteroatoms. The summed E-state index contributed by atoms with van der Waals surface area (Å²) >= 11 is 0. The van der Waals surface area contributed by atoms with Gasteiger partial charge < -0.3 is 14.6 Å². The molecule has 1 N–H and O–H groups in total. The summed E-state index contributed by atoms with van der Waals surface area (Å²) in [6, 6.07) is 0. The van der Waals surface area contributed by atoms with Crippen LogP contribution in [0.1, 0.15) is 19.3 Å². The molecule has 0 amide bonds. The summed E-state index contributed by atoms with van der Waals surface area (Å²) in [5.74, 6) is 0. The van der Waals surface area contributed by atoms with Crippen molar-refractivity contribution in [2.45, 2.75) is 25.4 Å². The second-order valence-corrected chi connectivity index (χ2v) is 2.55. The van der Waals surface area contributed by atoms with Gasteiger partial charge in [-0.1, -0.05) is 0 Å². The summed E-state index contributed by atoms with van der Waals surface area (Å²) in [6.07, 6.45) is 2.61. The van der Waals surface area contributed by atoms with Gasteiger partial charge in [-0.3, -0.25) is 0 Å². The van der Waals surface area contributed by atoms with Gasteiger partial charge in [0.2, 0.25) is 0 Å². The van der Waals surface area contributed by atoms with Gasteiger partial charge in [0.25, 0.3) is 0 Å². The van der Waals surface area contributed by atoms with E-state index in [2.05, 4.69) is 0 Å². The highest BCUT2D eigenvalue weighted by molar-refractivity contribution is 4.54. The number of aliphatic hydroxyl groups is 1. The van der Waals surface area contributed by atoms with Crippen LogP contribution in [0.4, 0.5) is 0 Å². The van der Waals surface area contributed by atoms with Crippen molar-refractivity contribution >= 4 is 0 Å². The zero-order valence-corrected chi connectivity index (χ0v) is 6.08. The molecule has 0 radical (unpaired) electrons. The number of aliphatic hydroxyl groups excluding tert-OH is 1. The Kier molecular flexibility index (Phi) is 3.72. The predicted octanol–water partition coefficient (Wildman–Crippen LogP) is 0.522. The van der Waals surface area contributed by atoms with Gasteiger partial charge in [0, 0.05) is 6.61 Å². The van der Waals surface area contributed by atoms with Crippen LogP contribution >= 0.6 is 0 Å². The van der Waals surface area contributed by atoms with E-state index in [0.717, 1.165) is 25.9 Å². The first-order valence-corrected chi connectivity index (χ1v) is 3.73. The van der Waals surface area contributed by atoms with E-state index in [1.807, 2.05) is 0 Å². The third kappa shape index (κ3) is 3.15. The van der Waals surface area contributed by atoms with E-state index in [4.69, 9.17) is 14.6 Å². The van der Waals surface area contributed by atoms with Crippen LogP contribution in [0.3, 0.4) is 0 Å². The van der Waals surface area contributed by atoms with E-state index in [1.165, 1.54) is 0 Å². The fourth-order valence-electron chi connectivity index (χ4n) is 0.969. The number of hydrogen-bond donors (Lipinski definition) is 1. The molecule has 1 unspecified atom stereocenters. The Hall–Kier alpha value is -0.120. The van der Waals surface area contributed by atoms with Crippen molar-refractivity contribution in [3.8, 4) is 0 Å². The van der Waals surface area contributed by atoms with Crippen LogP contribution in [0.5, 0.6) is 0 Å². The lowest BCUT2D eigenvalue weighted by Crippen LogP contribution is -2.14. The lowest BCUT2D eigenvalue weighted by molar-refractivity contribution is -0.0722. The molecule has 0 aliphatic carbocycles. The molecular weight excluding hydrogens is 132 g/mol. The highest BCUT2D eigenvalue weighted by Crippen LogP contribution is 2.04. The summed E-state index contributed by atoms with van der Waals surface area (Å²) in [5, 5.41) is 9.16. The molecule has 1 heterocycles. The van der Waals surface area contributed by atoms with Gasteiger partial charge >= 0.3 is 0 Å². The Morgan fingerprint density at radius 3 is 3.00 bits per heavy atom. The van der Waals surface area contributed by atoms with Crippen LogP contribution in [0.15, 0.2) is 0 Å². The molecule has 1 rings (SSSR count). The summed E-state index contributed by atoms with van der Waals surface area (Å²) in [5.41, 5.74) is 0. The lowest BCUT2D eigenvalue weighted by atomic mass is 10.2. The van der Waals surface area contributed by atoms with E-state index in [-0.39, 0.29) is 6.10 Å². The standard InChI is InChI=1S/C7H14O3/c8-7-3-1-2-4-9-6-10-5-7/h7-8H,1-6H2. The minimum Gasteiger partial charge on any atom is -0.391 e. The molecule has 3 nitrogen and oxygen atoms in total. The third-order valence-electron chi connectivity index (χ3n) is 1.55. The molecule has 0 aromatic rings. The van der Waals surface area contributed by atoms with Crippen LogP contribution in [-0.4, -0.2) is 31.2 Å². The quantitative estimate of drug-likeness (QED) is 0.541. The minimum absolute atomic E-state index is 0.290. The van der Waals surface area contributed by atoms with Crippen molar-refractivity contribution < 1.29 is 14.6 Å². The largest absolute Gasteiger partial charge is 0.391 e. The Labute approximate surface area is 60.9 Å². The van der Waals surface area contributed by atoms with Gasteiger partial charge in [-0.05, 0) is 19.3 Å². The van der Waals surface area contributed by atoms with Crippen LogP contribution in [0.2, 0.25) is 0 Å². The third-order valence-corrected chi connectivity index (χ3v) is 1.55. The molecule has 1 atom stereocenters. The molecule has 10 heavy (non-hydrogen) atoms. The molecule has 0 aromatic heterocycles. The molecule has 0 saturated carbocycles. The Balaban J connectivity index is 2.15. The van der Waals surface area contributed by atoms with Gasteiger partial charge in [0.1, 0.15) is 6.79 Å². The van der Waals surface area contributed by atoms with Gasteiger partial charge in [-0.15, -0.1) is 0 Å². The van der Waals surface area contributed by atoms with Crippen LogP contribution < -0.4 is 0 Å². The topological polar surface area (TPSA) is 38.7 Å². The maximum absolute atomic E-state index is 9.16. The summed E-state index contributed by atoms with van der Waals surface area (Å²) in [4.78, 5) is 0. The van der Waals surface area contributed by atoms with Gasteiger partial charge in [-0.2, -0.15) is 0 Å². The molecule has 1 aliphatic rings. The second-order valence-electron chi connectivity index (χ2n) is 2.55. The summed E-state index contributed by atoms with van der Waals surface area (Å²) in [6.45, 7) is 1.50. The van der Waals surface area contributed by atoms with E-state index in [1.54, 1.807) is 0 Å².